The molecule has 0 radical (unpaired) electrons. The van der Waals surface area contributed by atoms with E-state index in [4.69, 9.17) is 5.10 Å². The van der Waals surface area contributed by atoms with E-state index in [9.17, 15) is 4.79 Å². The lowest BCUT2D eigenvalue weighted by molar-refractivity contribution is 0.0744. The monoisotopic (exact) mass is 493 g/mol. The third-order valence-corrected chi connectivity index (χ3v) is 7.27. The van der Waals surface area contributed by atoms with Crippen LogP contribution in [0.4, 0.5) is 5.69 Å². The van der Waals surface area contributed by atoms with Gasteiger partial charge in [0.15, 0.2) is 0 Å². The summed E-state index contributed by atoms with van der Waals surface area (Å²) in [7, 11) is 0. The zero-order valence-electron chi connectivity index (χ0n) is 21.0. The van der Waals surface area contributed by atoms with Gasteiger partial charge >= 0.3 is 0 Å². The van der Waals surface area contributed by atoms with Gasteiger partial charge in [-0.2, -0.15) is 5.10 Å². The molecular weight excluding hydrogens is 458 g/mol. The number of piperazine rings is 1. The highest BCUT2D eigenvalue weighted by atomic mass is 35.5. The number of aromatic nitrogens is 2. The lowest BCUT2D eigenvalue weighted by Gasteiger charge is -2.37. The molecule has 2 aromatic carbocycles. The van der Waals surface area contributed by atoms with Gasteiger partial charge in [-0.15, -0.1) is 12.4 Å². The van der Waals surface area contributed by atoms with Gasteiger partial charge in [0, 0.05) is 37.8 Å². The number of carbonyl (C=O) groups excluding carboxylic acids is 1. The first-order valence-corrected chi connectivity index (χ1v) is 12.5. The van der Waals surface area contributed by atoms with E-state index in [1.165, 1.54) is 22.4 Å². The van der Waals surface area contributed by atoms with Crippen LogP contribution in [0.2, 0.25) is 0 Å². The third-order valence-electron chi connectivity index (χ3n) is 7.27. The molecule has 5 rings (SSSR count). The van der Waals surface area contributed by atoms with Gasteiger partial charge in [-0.3, -0.25) is 4.79 Å². The first-order chi connectivity index (χ1) is 16.5. The number of carbonyl (C=O) groups is 1. The van der Waals surface area contributed by atoms with Gasteiger partial charge in [-0.25, -0.2) is 4.68 Å². The number of hydrogen-bond acceptors (Lipinski definition) is 4. The second-order valence-corrected chi connectivity index (χ2v) is 9.79. The van der Waals surface area contributed by atoms with Gasteiger partial charge in [0.05, 0.1) is 23.1 Å². The van der Waals surface area contributed by atoms with Crippen LogP contribution in [0, 0.1) is 20.8 Å². The van der Waals surface area contributed by atoms with Crippen LogP contribution in [0.25, 0.3) is 5.69 Å². The Bertz CT molecular complexity index is 1180. The molecule has 1 aromatic heterocycles. The van der Waals surface area contributed by atoms with Crippen LogP contribution in [0.15, 0.2) is 48.7 Å². The average molecular weight is 494 g/mol. The Morgan fingerprint density at radius 1 is 0.943 bits per heavy atom. The second-order valence-electron chi connectivity index (χ2n) is 9.79. The van der Waals surface area contributed by atoms with Crippen molar-refractivity contribution < 1.29 is 4.79 Å². The van der Waals surface area contributed by atoms with E-state index in [0.29, 0.717) is 5.92 Å². The number of anilines is 1. The summed E-state index contributed by atoms with van der Waals surface area (Å²) < 4.78 is 2.02. The zero-order chi connectivity index (χ0) is 23.7. The topological polar surface area (TPSA) is 53.4 Å². The molecule has 2 saturated heterocycles. The van der Waals surface area contributed by atoms with Crippen molar-refractivity contribution in [3.63, 3.8) is 0 Å². The highest BCUT2D eigenvalue weighted by Gasteiger charge is 2.31. The zero-order valence-corrected chi connectivity index (χ0v) is 21.8. The number of halogens is 1. The Kier molecular flexibility index (Phi) is 7.82. The fourth-order valence-corrected chi connectivity index (χ4v) is 5.46. The van der Waals surface area contributed by atoms with Crippen molar-refractivity contribution in [1.82, 2.24) is 20.0 Å². The standard InChI is InChI=1S/C28H35N5O.ClH/c1-20-5-4-6-24(18-20)33-27(23-9-11-29-12-10-23)25(19-30-33)28(34)32-15-13-31(14-16-32)26-8-7-21(2)17-22(26)3;/h4-8,17-19,23,29H,9-16H2,1-3H3;1H. The van der Waals surface area contributed by atoms with E-state index >= 15 is 0 Å². The van der Waals surface area contributed by atoms with Crippen LogP contribution in [-0.4, -0.2) is 59.9 Å². The maximum atomic E-state index is 13.8. The first-order valence-electron chi connectivity index (χ1n) is 12.5. The molecule has 1 amide bonds. The second kappa shape index (κ2) is 10.8. The van der Waals surface area contributed by atoms with E-state index in [1.807, 2.05) is 9.58 Å². The van der Waals surface area contributed by atoms with E-state index in [2.05, 4.69) is 73.5 Å². The lowest BCUT2D eigenvalue weighted by Crippen LogP contribution is -2.49. The van der Waals surface area contributed by atoms with Gasteiger partial charge in [0.1, 0.15) is 0 Å². The molecule has 186 valence electrons. The smallest absolute Gasteiger partial charge is 0.257 e. The molecule has 3 aromatic rings. The van der Waals surface area contributed by atoms with Gasteiger partial charge in [0.25, 0.3) is 5.91 Å². The number of rotatable bonds is 4. The minimum absolute atomic E-state index is 0. The van der Waals surface area contributed by atoms with Crippen LogP contribution >= 0.6 is 12.4 Å². The van der Waals surface area contributed by atoms with Gasteiger partial charge in [-0.05, 0) is 76.0 Å². The summed E-state index contributed by atoms with van der Waals surface area (Å²) in [6.07, 6.45) is 3.86. The third kappa shape index (κ3) is 5.24. The fraction of sp³-hybridized carbons (Fsp3) is 0.429. The molecule has 0 aliphatic carbocycles. The van der Waals surface area contributed by atoms with Gasteiger partial charge in [0.2, 0.25) is 0 Å². The van der Waals surface area contributed by atoms with E-state index in [1.54, 1.807) is 6.20 Å². The molecule has 1 N–H and O–H groups in total. The minimum Gasteiger partial charge on any atom is -0.368 e. The van der Waals surface area contributed by atoms with Crippen molar-refractivity contribution in [2.75, 3.05) is 44.2 Å². The molecule has 0 atom stereocenters. The van der Waals surface area contributed by atoms with Gasteiger partial charge < -0.3 is 15.1 Å². The summed E-state index contributed by atoms with van der Waals surface area (Å²) >= 11 is 0. The Balaban J connectivity index is 0.00000289. The Morgan fingerprint density at radius 3 is 2.34 bits per heavy atom. The molecule has 35 heavy (non-hydrogen) atoms. The molecule has 3 heterocycles. The molecule has 0 unspecified atom stereocenters. The minimum atomic E-state index is 0. The number of nitrogens with one attached hydrogen (secondary N) is 1. The number of hydrogen-bond donors (Lipinski definition) is 1. The molecule has 2 aliphatic heterocycles. The summed E-state index contributed by atoms with van der Waals surface area (Å²) in [6.45, 7) is 11.5. The van der Waals surface area contributed by atoms with Crippen LogP contribution in [0.1, 0.15) is 51.5 Å². The maximum absolute atomic E-state index is 13.8. The van der Waals surface area contributed by atoms with E-state index in [0.717, 1.165) is 69.1 Å². The van der Waals surface area contributed by atoms with Crippen molar-refractivity contribution in [3.8, 4) is 5.69 Å². The average Bonchev–Trinajstić information content (AvgIpc) is 3.30. The number of aryl methyl sites for hydroxylation is 3. The van der Waals surface area contributed by atoms with E-state index < -0.39 is 0 Å². The van der Waals surface area contributed by atoms with Crippen LogP contribution < -0.4 is 10.2 Å². The SMILES string of the molecule is Cc1cccc(-n2ncc(C(=O)N3CCN(c4ccc(C)cc4C)CC3)c2C2CCNCC2)c1.Cl. The summed E-state index contributed by atoms with van der Waals surface area (Å²) in [4.78, 5) is 18.2. The predicted octanol–water partition coefficient (Wildman–Crippen LogP) is 4.65. The Hall–Kier alpha value is -2.83. The predicted molar refractivity (Wildman–Crippen MR) is 144 cm³/mol. The normalized spacial score (nSPS) is 16.8. The maximum Gasteiger partial charge on any atom is 0.257 e. The van der Waals surface area contributed by atoms with Crippen molar-refractivity contribution in [3.05, 3.63) is 76.6 Å². The molecule has 6 nitrogen and oxygen atoms in total. The highest BCUT2D eigenvalue weighted by Crippen LogP contribution is 2.31. The molecular formula is C28H36ClN5O. The van der Waals surface area contributed by atoms with Crippen molar-refractivity contribution in [1.29, 1.82) is 0 Å². The number of benzene rings is 2. The summed E-state index contributed by atoms with van der Waals surface area (Å²) in [6, 6.07) is 15.0. The Labute approximate surface area is 214 Å². The molecule has 0 bridgehead atoms. The van der Waals surface area contributed by atoms with Crippen LogP contribution in [0.3, 0.4) is 0 Å². The number of nitrogens with zero attached hydrogens (tertiary/aromatic N) is 4. The molecule has 2 fully saturated rings. The largest absolute Gasteiger partial charge is 0.368 e. The van der Waals surface area contributed by atoms with Crippen molar-refractivity contribution in [2.45, 2.75) is 39.5 Å². The van der Waals surface area contributed by atoms with Crippen LogP contribution in [-0.2, 0) is 0 Å². The lowest BCUT2D eigenvalue weighted by atomic mass is 9.91. The molecule has 0 spiro atoms. The molecule has 7 heteroatoms. The molecule has 0 saturated carbocycles. The fourth-order valence-electron chi connectivity index (χ4n) is 5.46. The Morgan fingerprint density at radius 2 is 1.66 bits per heavy atom. The number of piperidine rings is 1. The summed E-state index contributed by atoms with van der Waals surface area (Å²) in [5.74, 6) is 0.451. The number of amides is 1. The summed E-state index contributed by atoms with van der Waals surface area (Å²) in [5.41, 5.74) is 7.94. The van der Waals surface area contributed by atoms with Crippen LogP contribution in [0.5, 0.6) is 0 Å². The van der Waals surface area contributed by atoms with Crippen molar-refractivity contribution in [2.24, 2.45) is 0 Å². The quantitative estimate of drug-likeness (QED) is 0.575. The van der Waals surface area contributed by atoms with Gasteiger partial charge in [-0.1, -0.05) is 29.8 Å². The summed E-state index contributed by atoms with van der Waals surface area (Å²) in [5, 5.41) is 8.19. The molecule has 2 aliphatic rings. The van der Waals surface area contributed by atoms with Crippen molar-refractivity contribution >= 4 is 24.0 Å². The van der Waals surface area contributed by atoms with E-state index in [-0.39, 0.29) is 18.3 Å². The highest BCUT2D eigenvalue weighted by molar-refractivity contribution is 5.95. The first kappa shape index (κ1) is 25.3.